The number of hydrogen-bond acceptors (Lipinski definition) is 5. The summed E-state index contributed by atoms with van der Waals surface area (Å²) in [7, 11) is 0. The summed E-state index contributed by atoms with van der Waals surface area (Å²) in [6, 6.07) is 9.85. The summed E-state index contributed by atoms with van der Waals surface area (Å²) in [6.45, 7) is 3.58. The van der Waals surface area contributed by atoms with Crippen LogP contribution in [-0.4, -0.2) is 17.6 Å². The van der Waals surface area contributed by atoms with Crippen molar-refractivity contribution in [1.29, 1.82) is 0 Å². The highest BCUT2D eigenvalue weighted by atomic mass is 16.5. The van der Waals surface area contributed by atoms with Gasteiger partial charge in [-0.05, 0) is 24.1 Å². The number of carbonyl (C=O) groups is 1. The van der Waals surface area contributed by atoms with Gasteiger partial charge in [0.15, 0.2) is 0 Å². The highest BCUT2D eigenvalue weighted by molar-refractivity contribution is 5.95. The van der Waals surface area contributed by atoms with Gasteiger partial charge in [0.25, 0.3) is 0 Å². The van der Waals surface area contributed by atoms with Gasteiger partial charge in [0.1, 0.15) is 11.4 Å². The van der Waals surface area contributed by atoms with Crippen molar-refractivity contribution < 1.29 is 9.53 Å². The maximum Gasteiger partial charge on any atom is 0.341 e. The predicted octanol–water partition coefficient (Wildman–Crippen LogP) is 2.36. The second kappa shape index (κ2) is 5.44. The lowest BCUT2D eigenvalue weighted by Gasteiger charge is -2.19. The molecule has 0 radical (unpaired) electrons. The molecule has 0 spiro atoms. The van der Waals surface area contributed by atoms with Gasteiger partial charge < -0.3 is 15.4 Å². The Morgan fingerprint density at radius 2 is 2.00 bits per heavy atom. The molecule has 0 amide bonds. The number of nitrogens with zero attached hydrogens (tertiary/aromatic N) is 2. The number of anilines is 2. The van der Waals surface area contributed by atoms with Crippen LogP contribution < -0.4 is 10.6 Å². The number of esters is 1. The molecule has 3 rings (SSSR count). The van der Waals surface area contributed by atoms with Crippen LogP contribution in [0.2, 0.25) is 0 Å². The van der Waals surface area contributed by atoms with Crippen molar-refractivity contribution in [3.05, 3.63) is 53.2 Å². The van der Waals surface area contributed by atoms with Crippen LogP contribution in [-0.2, 0) is 17.8 Å². The minimum absolute atomic E-state index is 0.327. The molecule has 0 bridgehead atoms. The van der Waals surface area contributed by atoms with Crippen LogP contribution in [0.1, 0.15) is 28.4 Å². The standard InChI is InChI=1S/C16H17N3O2/c1-2-21-16(20)14-7-13(17)8-18-15(14)19-9-11-5-3-4-6-12(11)10-19/h3-8H,2,9-10,17H2,1H3. The summed E-state index contributed by atoms with van der Waals surface area (Å²) in [6.07, 6.45) is 1.57. The van der Waals surface area contributed by atoms with E-state index in [4.69, 9.17) is 10.5 Å². The van der Waals surface area contributed by atoms with E-state index < -0.39 is 0 Å². The molecular weight excluding hydrogens is 266 g/mol. The Kier molecular flexibility index (Phi) is 3.48. The van der Waals surface area contributed by atoms with E-state index in [1.54, 1.807) is 19.2 Å². The first-order valence-corrected chi connectivity index (χ1v) is 6.93. The SMILES string of the molecule is CCOC(=O)c1cc(N)cnc1N1Cc2ccccc2C1. The number of pyridine rings is 1. The number of hydrogen-bond donors (Lipinski definition) is 1. The fourth-order valence-corrected chi connectivity index (χ4v) is 2.57. The molecule has 0 atom stereocenters. The number of rotatable bonds is 3. The third kappa shape index (κ3) is 2.54. The molecule has 1 aromatic carbocycles. The van der Waals surface area contributed by atoms with E-state index in [9.17, 15) is 4.79 Å². The molecule has 1 aliphatic heterocycles. The number of ether oxygens (including phenoxy) is 1. The van der Waals surface area contributed by atoms with E-state index in [1.807, 2.05) is 12.1 Å². The Balaban J connectivity index is 1.95. The van der Waals surface area contributed by atoms with Crippen LogP contribution in [0, 0.1) is 0 Å². The molecule has 5 nitrogen and oxygen atoms in total. The van der Waals surface area contributed by atoms with Crippen LogP contribution >= 0.6 is 0 Å². The van der Waals surface area contributed by atoms with Gasteiger partial charge in [-0.1, -0.05) is 24.3 Å². The van der Waals surface area contributed by atoms with Crippen LogP contribution in [0.5, 0.6) is 0 Å². The van der Waals surface area contributed by atoms with Gasteiger partial charge >= 0.3 is 5.97 Å². The van der Waals surface area contributed by atoms with Crippen molar-refractivity contribution in [2.45, 2.75) is 20.0 Å². The zero-order valence-electron chi connectivity index (χ0n) is 11.9. The Morgan fingerprint density at radius 1 is 1.33 bits per heavy atom. The van der Waals surface area contributed by atoms with Gasteiger partial charge in [-0.25, -0.2) is 9.78 Å². The fourth-order valence-electron chi connectivity index (χ4n) is 2.57. The zero-order chi connectivity index (χ0) is 14.8. The van der Waals surface area contributed by atoms with Crippen LogP contribution in [0.15, 0.2) is 36.5 Å². The number of benzene rings is 1. The summed E-state index contributed by atoms with van der Waals surface area (Å²) < 4.78 is 5.10. The average Bonchev–Trinajstić information content (AvgIpc) is 2.91. The van der Waals surface area contributed by atoms with E-state index in [1.165, 1.54) is 11.1 Å². The molecule has 0 unspecified atom stereocenters. The summed E-state index contributed by atoms with van der Waals surface area (Å²) in [4.78, 5) is 18.5. The first kappa shape index (κ1) is 13.4. The molecular formula is C16H17N3O2. The van der Waals surface area contributed by atoms with Gasteiger partial charge in [0, 0.05) is 13.1 Å². The summed E-state index contributed by atoms with van der Waals surface area (Å²) in [5, 5.41) is 0. The van der Waals surface area contributed by atoms with E-state index >= 15 is 0 Å². The van der Waals surface area contributed by atoms with Gasteiger partial charge in [0.2, 0.25) is 0 Å². The van der Waals surface area contributed by atoms with Gasteiger partial charge in [0.05, 0.1) is 18.5 Å². The normalized spacial score (nSPS) is 13.1. The van der Waals surface area contributed by atoms with E-state index in [0.717, 1.165) is 13.1 Å². The lowest BCUT2D eigenvalue weighted by Crippen LogP contribution is -2.20. The van der Waals surface area contributed by atoms with Crippen LogP contribution in [0.4, 0.5) is 11.5 Å². The molecule has 0 saturated heterocycles. The number of nitrogens with two attached hydrogens (primary N) is 1. The Hall–Kier alpha value is -2.56. The van der Waals surface area contributed by atoms with Gasteiger partial charge in [-0.3, -0.25) is 0 Å². The van der Waals surface area contributed by atoms with Crippen molar-refractivity contribution in [2.75, 3.05) is 17.2 Å². The molecule has 21 heavy (non-hydrogen) atoms. The first-order chi connectivity index (χ1) is 10.2. The van der Waals surface area contributed by atoms with Crippen LogP contribution in [0.3, 0.4) is 0 Å². The summed E-state index contributed by atoms with van der Waals surface area (Å²) >= 11 is 0. The van der Waals surface area contributed by atoms with Crippen molar-refractivity contribution >= 4 is 17.5 Å². The minimum Gasteiger partial charge on any atom is -0.462 e. The van der Waals surface area contributed by atoms with E-state index in [-0.39, 0.29) is 5.97 Å². The fraction of sp³-hybridized carbons (Fsp3) is 0.250. The summed E-state index contributed by atoms with van der Waals surface area (Å²) in [5.74, 6) is 0.238. The maximum absolute atomic E-state index is 12.1. The Bertz CT molecular complexity index is 660. The molecule has 0 saturated carbocycles. The maximum atomic E-state index is 12.1. The lowest BCUT2D eigenvalue weighted by molar-refractivity contribution is 0.0526. The van der Waals surface area contributed by atoms with Gasteiger partial charge in [-0.2, -0.15) is 0 Å². The third-order valence-electron chi connectivity index (χ3n) is 3.52. The van der Waals surface area contributed by atoms with Gasteiger partial charge in [-0.15, -0.1) is 0 Å². The molecule has 0 aliphatic carbocycles. The Labute approximate surface area is 123 Å². The number of fused-ring (bicyclic) bond motifs is 1. The van der Waals surface area contributed by atoms with Crippen molar-refractivity contribution in [3.63, 3.8) is 0 Å². The van der Waals surface area contributed by atoms with Crippen LogP contribution in [0.25, 0.3) is 0 Å². The Morgan fingerprint density at radius 3 is 2.62 bits per heavy atom. The molecule has 5 heteroatoms. The predicted molar refractivity (Wildman–Crippen MR) is 80.9 cm³/mol. The van der Waals surface area contributed by atoms with E-state index in [0.29, 0.717) is 23.7 Å². The largest absolute Gasteiger partial charge is 0.462 e. The molecule has 108 valence electrons. The second-order valence-electron chi connectivity index (χ2n) is 4.99. The summed E-state index contributed by atoms with van der Waals surface area (Å²) in [5.41, 5.74) is 9.14. The molecule has 2 aromatic rings. The topological polar surface area (TPSA) is 68.5 Å². The average molecular weight is 283 g/mol. The van der Waals surface area contributed by atoms with Crippen molar-refractivity contribution in [3.8, 4) is 0 Å². The van der Waals surface area contributed by atoms with Crippen molar-refractivity contribution in [1.82, 2.24) is 4.98 Å². The number of nitrogen functional groups attached to an aromatic ring is 1. The quantitative estimate of drug-likeness (QED) is 0.876. The number of carbonyl (C=O) groups excluding carboxylic acids is 1. The molecule has 2 heterocycles. The lowest BCUT2D eigenvalue weighted by atomic mass is 10.1. The molecule has 2 N–H and O–H groups in total. The number of aromatic nitrogens is 1. The van der Waals surface area contributed by atoms with E-state index in [2.05, 4.69) is 22.0 Å². The smallest absolute Gasteiger partial charge is 0.341 e. The minimum atomic E-state index is -0.386. The highest BCUT2D eigenvalue weighted by Crippen LogP contribution is 2.30. The first-order valence-electron chi connectivity index (χ1n) is 6.93. The molecule has 1 aliphatic rings. The highest BCUT2D eigenvalue weighted by Gasteiger charge is 2.25. The monoisotopic (exact) mass is 283 g/mol. The molecule has 1 aromatic heterocycles. The molecule has 0 fully saturated rings. The zero-order valence-corrected chi connectivity index (χ0v) is 11.9. The second-order valence-corrected chi connectivity index (χ2v) is 4.99. The van der Waals surface area contributed by atoms with Crippen molar-refractivity contribution in [2.24, 2.45) is 0 Å². The third-order valence-corrected chi connectivity index (χ3v) is 3.52.